The molecule has 2 bridgehead atoms. The number of hydrogen-bond donors (Lipinski definition) is 1. The molecule has 1 saturated carbocycles. The van der Waals surface area contributed by atoms with Gasteiger partial charge in [-0.3, -0.25) is 9.48 Å². The topological polar surface area (TPSA) is 104 Å². The highest BCUT2D eigenvalue weighted by atomic mass is 16.2. The summed E-state index contributed by atoms with van der Waals surface area (Å²) >= 11 is 0. The fourth-order valence-corrected chi connectivity index (χ4v) is 5.65. The molecule has 1 aliphatic carbocycles. The minimum Gasteiger partial charge on any atom is -0.367 e. The highest BCUT2D eigenvalue weighted by Gasteiger charge is 2.48. The van der Waals surface area contributed by atoms with Crippen LogP contribution in [-0.2, 0) is 11.8 Å². The highest BCUT2D eigenvalue weighted by Crippen LogP contribution is 2.42. The zero-order chi connectivity index (χ0) is 25.7. The number of hydrogen-bond acceptors (Lipinski definition) is 6. The van der Waals surface area contributed by atoms with E-state index in [0.29, 0.717) is 23.4 Å². The van der Waals surface area contributed by atoms with Gasteiger partial charge < -0.3 is 10.2 Å². The van der Waals surface area contributed by atoms with Gasteiger partial charge in [0, 0.05) is 67.0 Å². The molecule has 2 aliphatic heterocycles. The van der Waals surface area contributed by atoms with Gasteiger partial charge in [0.15, 0.2) is 0 Å². The summed E-state index contributed by atoms with van der Waals surface area (Å²) in [6.07, 6.45) is 12.0. The zero-order valence-corrected chi connectivity index (χ0v) is 20.9. The predicted octanol–water partition coefficient (Wildman–Crippen LogP) is 3.75. The van der Waals surface area contributed by atoms with Crippen molar-refractivity contribution < 1.29 is 4.79 Å². The maximum Gasteiger partial charge on any atom is 0.229 e. The van der Waals surface area contributed by atoms with E-state index in [2.05, 4.69) is 34.2 Å². The predicted molar refractivity (Wildman–Crippen MR) is 140 cm³/mol. The van der Waals surface area contributed by atoms with E-state index in [-0.39, 0.29) is 11.8 Å². The van der Waals surface area contributed by atoms with Crippen molar-refractivity contribution in [2.24, 2.45) is 24.8 Å². The number of fused-ring (bicyclic) bond motifs is 3. The Morgan fingerprint density at radius 2 is 1.97 bits per heavy atom. The first kappa shape index (κ1) is 23.0. The van der Waals surface area contributed by atoms with Crippen LogP contribution in [0.4, 0.5) is 5.82 Å². The first-order chi connectivity index (χ1) is 17.9. The summed E-state index contributed by atoms with van der Waals surface area (Å²) in [5.74, 6) is 1.71. The Bertz CT molecular complexity index is 1530. The standard InChI is InChI=1S/C28H28N8O/c1-4-17(2)28(37)35-14-20-7-21(15-35)26(20)33-25-6-5-18(10-30-25)24-8-19(23-12-31-34(3)13-23)16-36-27(24)22(9-29)11-32-36/h4-6,8,10-13,16-17,20-21,26H,1,7,14-15H2,2-3H3,(H,30,33). The lowest BCUT2D eigenvalue weighted by molar-refractivity contribution is -0.140. The van der Waals surface area contributed by atoms with Crippen LogP contribution in [0.2, 0.25) is 0 Å². The van der Waals surface area contributed by atoms with E-state index in [4.69, 9.17) is 4.98 Å². The maximum atomic E-state index is 12.6. The number of aromatic nitrogens is 5. The van der Waals surface area contributed by atoms with Crippen molar-refractivity contribution in [3.63, 3.8) is 0 Å². The van der Waals surface area contributed by atoms with Crippen molar-refractivity contribution in [2.45, 2.75) is 19.4 Å². The average Bonchev–Trinajstić information content (AvgIpc) is 3.56. The summed E-state index contributed by atoms with van der Waals surface area (Å²) in [4.78, 5) is 19.3. The van der Waals surface area contributed by atoms with Gasteiger partial charge in [0.2, 0.25) is 5.91 Å². The molecule has 37 heavy (non-hydrogen) atoms. The van der Waals surface area contributed by atoms with Crippen LogP contribution in [0.1, 0.15) is 18.9 Å². The van der Waals surface area contributed by atoms with Crippen molar-refractivity contribution in [2.75, 3.05) is 18.4 Å². The second kappa shape index (κ2) is 8.89. The molecule has 7 rings (SSSR count). The number of piperidine rings is 2. The summed E-state index contributed by atoms with van der Waals surface area (Å²) in [5.41, 5.74) is 4.99. The fraction of sp³-hybridized carbons (Fsp3) is 0.321. The Kier molecular flexibility index (Phi) is 5.52. The Hall–Kier alpha value is -4.45. The third-order valence-electron chi connectivity index (χ3n) is 7.75. The first-order valence-corrected chi connectivity index (χ1v) is 12.5. The number of carbonyl (C=O) groups excluding carboxylic acids is 1. The SMILES string of the molecule is C=CC(C)C(=O)N1CC2CC(C1)C2Nc1ccc(-c2cc(-c3cnn(C)c3)cn3ncc(C#N)c23)cn1. The Balaban J connectivity index is 1.24. The van der Waals surface area contributed by atoms with Gasteiger partial charge in [-0.05, 0) is 36.5 Å². The lowest BCUT2D eigenvalue weighted by Gasteiger charge is -2.54. The first-order valence-electron chi connectivity index (χ1n) is 12.5. The van der Waals surface area contributed by atoms with Crippen LogP contribution in [0.3, 0.4) is 0 Å². The largest absolute Gasteiger partial charge is 0.367 e. The molecule has 3 atom stereocenters. The van der Waals surface area contributed by atoms with Crippen LogP contribution in [-0.4, -0.2) is 54.3 Å². The Labute approximate surface area is 215 Å². The Morgan fingerprint density at radius 3 is 2.62 bits per heavy atom. The number of pyridine rings is 2. The third kappa shape index (κ3) is 3.95. The van der Waals surface area contributed by atoms with Gasteiger partial charge in [-0.1, -0.05) is 13.0 Å². The van der Waals surface area contributed by atoms with Gasteiger partial charge in [-0.25, -0.2) is 9.50 Å². The molecule has 9 nitrogen and oxygen atoms in total. The van der Waals surface area contributed by atoms with E-state index in [1.807, 2.05) is 55.8 Å². The van der Waals surface area contributed by atoms with E-state index >= 15 is 0 Å². The lowest BCUT2D eigenvalue weighted by atomic mass is 9.66. The van der Waals surface area contributed by atoms with Crippen LogP contribution in [0, 0.1) is 29.1 Å². The van der Waals surface area contributed by atoms with Gasteiger partial charge in [-0.15, -0.1) is 6.58 Å². The van der Waals surface area contributed by atoms with Gasteiger partial charge in [0.1, 0.15) is 11.9 Å². The molecule has 4 aromatic heterocycles. The second-order valence-corrected chi connectivity index (χ2v) is 10.1. The van der Waals surface area contributed by atoms with Crippen molar-refractivity contribution in [3.05, 3.63) is 67.4 Å². The molecule has 4 aromatic rings. The lowest BCUT2D eigenvalue weighted by Crippen LogP contribution is -2.62. The number of nitriles is 1. The number of amides is 1. The second-order valence-electron chi connectivity index (χ2n) is 10.1. The van der Waals surface area contributed by atoms with Crippen molar-refractivity contribution in [1.82, 2.24) is 29.3 Å². The van der Waals surface area contributed by atoms with E-state index in [0.717, 1.165) is 53.1 Å². The van der Waals surface area contributed by atoms with Crippen LogP contribution in [0.15, 0.2) is 61.8 Å². The molecule has 2 saturated heterocycles. The van der Waals surface area contributed by atoms with E-state index in [1.54, 1.807) is 21.5 Å². The zero-order valence-electron chi connectivity index (χ0n) is 20.9. The molecular formula is C28H28N8O. The minimum absolute atomic E-state index is 0.140. The van der Waals surface area contributed by atoms with Gasteiger partial charge >= 0.3 is 0 Å². The van der Waals surface area contributed by atoms with E-state index in [1.165, 1.54) is 0 Å². The van der Waals surface area contributed by atoms with Crippen molar-refractivity contribution in [3.8, 4) is 28.3 Å². The van der Waals surface area contributed by atoms with Crippen LogP contribution in [0.5, 0.6) is 0 Å². The molecule has 9 heteroatoms. The molecule has 0 aromatic carbocycles. The molecule has 3 aliphatic rings. The molecule has 186 valence electrons. The number of anilines is 1. The van der Waals surface area contributed by atoms with Gasteiger partial charge in [0.25, 0.3) is 0 Å². The number of rotatable bonds is 6. The fourth-order valence-electron chi connectivity index (χ4n) is 5.65. The van der Waals surface area contributed by atoms with Crippen LogP contribution >= 0.6 is 0 Å². The number of aryl methyl sites for hydroxylation is 1. The summed E-state index contributed by atoms with van der Waals surface area (Å²) in [5, 5.41) is 22.0. The summed E-state index contributed by atoms with van der Waals surface area (Å²) in [7, 11) is 1.88. The quantitative estimate of drug-likeness (QED) is 0.411. The molecule has 1 N–H and O–H groups in total. The summed E-state index contributed by atoms with van der Waals surface area (Å²) in [6, 6.07) is 8.65. The average molecular weight is 493 g/mol. The molecule has 0 radical (unpaired) electrons. The van der Waals surface area contributed by atoms with Gasteiger partial charge in [0.05, 0.1) is 29.4 Å². The van der Waals surface area contributed by atoms with Crippen LogP contribution < -0.4 is 5.32 Å². The molecular weight excluding hydrogens is 464 g/mol. The maximum absolute atomic E-state index is 12.6. The third-order valence-corrected chi connectivity index (χ3v) is 7.75. The number of carbonyl (C=O) groups is 1. The number of nitrogens with zero attached hydrogens (tertiary/aromatic N) is 7. The summed E-state index contributed by atoms with van der Waals surface area (Å²) < 4.78 is 3.51. The normalized spacial score (nSPS) is 21.2. The highest BCUT2D eigenvalue weighted by molar-refractivity contribution is 5.87. The molecule has 1 amide bonds. The minimum atomic E-state index is -0.140. The van der Waals surface area contributed by atoms with E-state index < -0.39 is 0 Å². The molecule has 6 heterocycles. The monoisotopic (exact) mass is 492 g/mol. The van der Waals surface area contributed by atoms with Crippen molar-refractivity contribution in [1.29, 1.82) is 5.26 Å². The Morgan fingerprint density at radius 1 is 1.16 bits per heavy atom. The van der Waals surface area contributed by atoms with Crippen molar-refractivity contribution >= 4 is 17.2 Å². The van der Waals surface area contributed by atoms with Crippen LogP contribution in [0.25, 0.3) is 27.8 Å². The van der Waals surface area contributed by atoms with E-state index in [9.17, 15) is 10.1 Å². The molecule has 3 fully saturated rings. The summed E-state index contributed by atoms with van der Waals surface area (Å²) in [6.45, 7) is 7.22. The smallest absolute Gasteiger partial charge is 0.229 e. The molecule has 0 spiro atoms. The van der Waals surface area contributed by atoms with Gasteiger partial charge in [-0.2, -0.15) is 15.5 Å². The number of nitrogens with one attached hydrogen (secondary N) is 1. The molecule has 3 unspecified atom stereocenters.